The first-order valence-electron chi connectivity index (χ1n) is 5.63. The first-order valence-corrected chi connectivity index (χ1v) is 5.63. The number of rotatable bonds is 2. The van der Waals surface area contributed by atoms with Crippen molar-refractivity contribution < 1.29 is 14.6 Å². The number of nitrogens with one attached hydrogen (secondary N) is 1. The molecule has 0 radical (unpaired) electrons. The highest BCUT2D eigenvalue weighted by Gasteiger charge is 2.10. The summed E-state index contributed by atoms with van der Waals surface area (Å²) in [6.45, 7) is 4.21. The van der Waals surface area contributed by atoms with Crippen LogP contribution in [0.15, 0.2) is 24.3 Å². The molecule has 0 amide bonds. The molecule has 1 aliphatic heterocycles. The summed E-state index contributed by atoms with van der Waals surface area (Å²) in [7, 11) is 0. The van der Waals surface area contributed by atoms with Crippen molar-refractivity contribution in [3.63, 3.8) is 0 Å². The van der Waals surface area contributed by atoms with Crippen LogP contribution in [0.2, 0.25) is 0 Å². The normalized spacial score (nSPS) is 11.7. The second-order valence-corrected chi connectivity index (χ2v) is 3.15. The van der Waals surface area contributed by atoms with E-state index in [0.717, 1.165) is 17.8 Å². The number of aliphatic hydroxyl groups is 1. The van der Waals surface area contributed by atoms with Crippen LogP contribution in [0.1, 0.15) is 29.8 Å². The monoisotopic (exact) mass is 235 g/mol. The van der Waals surface area contributed by atoms with E-state index in [1.54, 1.807) is 12.1 Å². The van der Waals surface area contributed by atoms with Crippen LogP contribution in [0, 0.1) is 0 Å². The lowest BCUT2D eigenvalue weighted by atomic mass is 10.1. The van der Waals surface area contributed by atoms with Gasteiger partial charge in [-0.2, -0.15) is 0 Å². The third-order valence-corrected chi connectivity index (χ3v) is 2.19. The van der Waals surface area contributed by atoms with Crippen LogP contribution >= 0.6 is 0 Å². The Morgan fingerprint density at radius 2 is 2.24 bits per heavy atom. The highest BCUT2D eigenvalue weighted by Crippen LogP contribution is 2.22. The first kappa shape index (κ1) is 13.3. The van der Waals surface area contributed by atoms with Crippen LogP contribution in [0.25, 0.3) is 6.08 Å². The Hall–Kier alpha value is -1.81. The van der Waals surface area contributed by atoms with Gasteiger partial charge in [0.15, 0.2) is 6.79 Å². The van der Waals surface area contributed by atoms with E-state index < -0.39 is 12.8 Å². The molecule has 2 N–H and O–H groups in total. The Kier molecular flexibility index (Phi) is 5.23. The number of esters is 1. The van der Waals surface area contributed by atoms with E-state index in [0.29, 0.717) is 5.56 Å². The second-order valence-electron chi connectivity index (χ2n) is 3.15. The Balaban J connectivity index is 0.000000686. The van der Waals surface area contributed by atoms with Crippen molar-refractivity contribution in [2.24, 2.45) is 0 Å². The van der Waals surface area contributed by atoms with Crippen LogP contribution in [0.3, 0.4) is 0 Å². The van der Waals surface area contributed by atoms with Gasteiger partial charge in [-0.1, -0.05) is 26.0 Å². The lowest BCUT2D eigenvalue weighted by Crippen LogP contribution is -2.09. The van der Waals surface area contributed by atoms with Gasteiger partial charge in [0.05, 0.1) is 5.56 Å². The minimum Gasteiger partial charge on any atom is -0.435 e. The topological polar surface area (TPSA) is 58.6 Å². The third-order valence-electron chi connectivity index (χ3n) is 2.19. The molecule has 0 fully saturated rings. The van der Waals surface area contributed by atoms with Crippen LogP contribution in [-0.2, 0) is 4.74 Å². The fourth-order valence-corrected chi connectivity index (χ4v) is 1.49. The van der Waals surface area contributed by atoms with E-state index in [-0.39, 0.29) is 0 Å². The van der Waals surface area contributed by atoms with Gasteiger partial charge in [-0.05, 0) is 23.8 Å². The van der Waals surface area contributed by atoms with Gasteiger partial charge in [-0.15, -0.1) is 0 Å². The first-order chi connectivity index (χ1) is 8.31. The molecule has 0 aromatic heterocycles. The van der Waals surface area contributed by atoms with Crippen LogP contribution in [0.5, 0.6) is 0 Å². The van der Waals surface area contributed by atoms with Gasteiger partial charge < -0.3 is 15.2 Å². The van der Waals surface area contributed by atoms with Gasteiger partial charge in [0.2, 0.25) is 0 Å². The molecule has 2 rings (SSSR count). The summed E-state index contributed by atoms with van der Waals surface area (Å²) in [6, 6.07) is 5.23. The predicted molar refractivity (Wildman–Crippen MR) is 67.8 cm³/mol. The number of benzene rings is 1. The van der Waals surface area contributed by atoms with Crippen molar-refractivity contribution in [2.45, 2.75) is 13.8 Å². The molecule has 0 atom stereocenters. The minimum absolute atomic E-state index is 0.441. The summed E-state index contributed by atoms with van der Waals surface area (Å²) in [5, 5.41) is 11.6. The number of fused-ring (bicyclic) bond motifs is 1. The molecule has 92 valence electrons. The van der Waals surface area contributed by atoms with Gasteiger partial charge in [0.25, 0.3) is 0 Å². The Bertz CT molecular complexity index is 413. The molecular formula is C13H17NO3. The summed E-state index contributed by atoms with van der Waals surface area (Å²) in [5.74, 6) is -0.515. The SMILES string of the molecule is CC.O=C(OCO)c1ccc2c(c1)C=CCN2. The average molecular weight is 235 g/mol. The molecule has 0 bridgehead atoms. The number of hydrogen-bond acceptors (Lipinski definition) is 4. The zero-order chi connectivity index (χ0) is 12.7. The summed E-state index contributed by atoms with van der Waals surface area (Å²) in [6.07, 6.45) is 3.92. The highest BCUT2D eigenvalue weighted by molar-refractivity contribution is 5.91. The number of carbonyl (C=O) groups excluding carboxylic acids is 1. The highest BCUT2D eigenvalue weighted by atomic mass is 16.6. The lowest BCUT2D eigenvalue weighted by Gasteiger charge is -2.13. The number of anilines is 1. The second kappa shape index (κ2) is 6.70. The number of hydrogen-bond donors (Lipinski definition) is 2. The number of ether oxygens (including phenoxy) is 1. The molecular weight excluding hydrogens is 218 g/mol. The molecule has 0 saturated carbocycles. The van der Waals surface area contributed by atoms with E-state index >= 15 is 0 Å². The standard InChI is InChI=1S/C11H11NO3.C2H6/c13-7-15-11(14)9-3-4-10-8(6-9)2-1-5-12-10;1-2/h1-4,6,12-13H,5,7H2;1-2H3. The van der Waals surface area contributed by atoms with Crippen molar-refractivity contribution >= 4 is 17.7 Å². The van der Waals surface area contributed by atoms with Crippen LogP contribution < -0.4 is 5.32 Å². The van der Waals surface area contributed by atoms with Gasteiger partial charge in [0, 0.05) is 12.2 Å². The molecule has 0 aliphatic carbocycles. The predicted octanol–water partition coefficient (Wildman–Crippen LogP) is 2.26. The molecule has 1 aromatic rings. The molecule has 1 heterocycles. The Morgan fingerprint density at radius 1 is 1.47 bits per heavy atom. The largest absolute Gasteiger partial charge is 0.435 e. The van der Waals surface area contributed by atoms with Gasteiger partial charge in [-0.3, -0.25) is 0 Å². The quantitative estimate of drug-likeness (QED) is 0.609. The van der Waals surface area contributed by atoms with Crippen molar-refractivity contribution in [1.82, 2.24) is 0 Å². The van der Waals surface area contributed by atoms with Gasteiger partial charge in [0.1, 0.15) is 0 Å². The van der Waals surface area contributed by atoms with Crippen molar-refractivity contribution in [3.05, 3.63) is 35.4 Å². The number of aliphatic hydroxyl groups excluding tert-OH is 1. The summed E-state index contributed by atoms with van der Waals surface area (Å²) in [4.78, 5) is 11.3. The fourth-order valence-electron chi connectivity index (χ4n) is 1.49. The maximum absolute atomic E-state index is 11.3. The van der Waals surface area contributed by atoms with E-state index in [9.17, 15) is 4.79 Å². The Labute approximate surface area is 101 Å². The Morgan fingerprint density at radius 3 is 2.94 bits per heavy atom. The maximum atomic E-state index is 11.3. The van der Waals surface area contributed by atoms with Crippen LogP contribution in [0.4, 0.5) is 5.69 Å². The maximum Gasteiger partial charge on any atom is 0.340 e. The summed E-state index contributed by atoms with van der Waals surface area (Å²) in [5.41, 5.74) is 2.39. The molecule has 0 unspecified atom stereocenters. The van der Waals surface area contributed by atoms with E-state index in [1.807, 2.05) is 32.1 Å². The molecule has 4 nitrogen and oxygen atoms in total. The molecule has 0 saturated heterocycles. The van der Waals surface area contributed by atoms with Crippen molar-refractivity contribution in [1.29, 1.82) is 0 Å². The zero-order valence-corrected chi connectivity index (χ0v) is 10.1. The summed E-state index contributed by atoms with van der Waals surface area (Å²) < 4.78 is 4.49. The molecule has 1 aromatic carbocycles. The van der Waals surface area contributed by atoms with Gasteiger partial charge >= 0.3 is 5.97 Å². The fraction of sp³-hybridized carbons (Fsp3) is 0.308. The molecule has 0 spiro atoms. The van der Waals surface area contributed by atoms with Gasteiger partial charge in [-0.25, -0.2) is 4.79 Å². The molecule has 1 aliphatic rings. The summed E-state index contributed by atoms with van der Waals surface area (Å²) >= 11 is 0. The molecule has 17 heavy (non-hydrogen) atoms. The minimum atomic E-state index is -0.593. The number of carbonyl (C=O) groups is 1. The van der Waals surface area contributed by atoms with E-state index in [4.69, 9.17) is 5.11 Å². The van der Waals surface area contributed by atoms with Crippen LogP contribution in [-0.4, -0.2) is 24.4 Å². The van der Waals surface area contributed by atoms with Crippen molar-refractivity contribution in [2.75, 3.05) is 18.7 Å². The third kappa shape index (κ3) is 3.32. The molecule has 4 heteroatoms. The smallest absolute Gasteiger partial charge is 0.340 e. The zero-order valence-electron chi connectivity index (χ0n) is 10.1. The van der Waals surface area contributed by atoms with Crippen molar-refractivity contribution in [3.8, 4) is 0 Å². The van der Waals surface area contributed by atoms with E-state index in [1.165, 1.54) is 0 Å². The average Bonchev–Trinajstić information content (AvgIpc) is 2.41. The van der Waals surface area contributed by atoms with E-state index in [2.05, 4.69) is 10.1 Å². The lowest BCUT2D eigenvalue weighted by molar-refractivity contribution is 0.00684.